The monoisotopic (exact) mass is 357 g/mol. The zero-order valence-electron chi connectivity index (χ0n) is 10.3. The lowest BCUT2D eigenvalue weighted by atomic mass is 10.1. The number of hydrogen-bond acceptors (Lipinski definition) is 2. The Morgan fingerprint density at radius 3 is 2.59 bits per heavy atom. The summed E-state index contributed by atoms with van der Waals surface area (Å²) in [6, 6.07) is 11.1. The summed E-state index contributed by atoms with van der Waals surface area (Å²) in [5, 5.41) is 3.56. The molecule has 0 fully saturated rings. The fourth-order valence-electron chi connectivity index (χ4n) is 1.99. The van der Waals surface area contributed by atoms with Crippen LogP contribution in [0.4, 0.5) is 5.69 Å². The van der Waals surface area contributed by atoms with Gasteiger partial charge in [0, 0.05) is 25.1 Å². The largest absolute Gasteiger partial charge is 0.378 e. The number of thiophene rings is 1. The molecule has 1 heterocycles. The molecule has 0 aliphatic rings. The second-order valence-electron chi connectivity index (χ2n) is 4.24. The predicted octanol–water partition coefficient (Wildman–Crippen LogP) is 5.14. The number of rotatable bonds is 3. The minimum atomic E-state index is 0.359. The molecule has 2 rings (SSSR count). The van der Waals surface area contributed by atoms with Gasteiger partial charge in [0.05, 0.1) is 0 Å². The van der Waals surface area contributed by atoms with Crippen molar-refractivity contribution in [2.24, 2.45) is 0 Å². The van der Waals surface area contributed by atoms with Crippen molar-refractivity contribution in [1.82, 2.24) is 0 Å². The van der Waals surface area contributed by atoms with E-state index < -0.39 is 0 Å². The van der Waals surface area contributed by atoms with Crippen LogP contribution in [0.25, 0.3) is 0 Å². The van der Waals surface area contributed by atoms with Gasteiger partial charge in [-0.05, 0) is 73.2 Å². The molecule has 0 saturated carbocycles. The van der Waals surface area contributed by atoms with Gasteiger partial charge in [0.2, 0.25) is 0 Å². The van der Waals surface area contributed by atoms with Crippen molar-refractivity contribution >= 4 is 39.6 Å². The molecule has 90 valence electrons. The Balaban J connectivity index is 2.16. The average molecular weight is 357 g/mol. The first-order chi connectivity index (χ1) is 8.06. The summed E-state index contributed by atoms with van der Waals surface area (Å²) in [4.78, 5) is 2.79. The van der Waals surface area contributed by atoms with Crippen LogP contribution < -0.4 is 5.32 Å². The third-order valence-electron chi connectivity index (χ3n) is 2.75. The lowest BCUT2D eigenvalue weighted by Gasteiger charge is -2.15. The first-order valence-electron chi connectivity index (χ1n) is 5.65. The molecule has 0 spiro atoms. The smallest absolute Gasteiger partial charge is 0.0496 e. The highest BCUT2D eigenvalue weighted by atomic mass is 127. The molecule has 1 N–H and O–H groups in total. The fraction of sp³-hybridized carbons (Fsp3) is 0.286. The van der Waals surface area contributed by atoms with E-state index in [1.807, 2.05) is 11.3 Å². The zero-order chi connectivity index (χ0) is 12.4. The fourth-order valence-corrected chi connectivity index (χ4v) is 3.55. The minimum Gasteiger partial charge on any atom is -0.378 e. The summed E-state index contributed by atoms with van der Waals surface area (Å²) in [5.74, 6) is 0. The Morgan fingerprint density at radius 2 is 2.00 bits per heavy atom. The van der Waals surface area contributed by atoms with E-state index in [9.17, 15) is 0 Å². The molecular weight excluding hydrogens is 341 g/mol. The molecule has 2 aromatic rings. The van der Waals surface area contributed by atoms with Gasteiger partial charge in [-0.2, -0.15) is 0 Å². The van der Waals surface area contributed by atoms with Crippen LogP contribution in [0.15, 0.2) is 30.3 Å². The molecule has 1 aromatic heterocycles. The van der Waals surface area contributed by atoms with E-state index in [4.69, 9.17) is 0 Å². The van der Waals surface area contributed by atoms with Crippen LogP contribution in [0.1, 0.15) is 28.3 Å². The van der Waals surface area contributed by atoms with Gasteiger partial charge in [-0.25, -0.2) is 0 Å². The standard InChI is InChI=1S/C14H16INS/c1-9-7-14(11(3)17-9)10(2)16-13-6-4-5-12(15)8-13/h4-8,10,16H,1-3H3. The first-order valence-corrected chi connectivity index (χ1v) is 7.55. The maximum absolute atomic E-state index is 3.56. The van der Waals surface area contributed by atoms with Gasteiger partial charge in [0.15, 0.2) is 0 Å². The van der Waals surface area contributed by atoms with Gasteiger partial charge in [-0.1, -0.05) is 6.07 Å². The molecule has 1 unspecified atom stereocenters. The normalized spacial score (nSPS) is 12.5. The lowest BCUT2D eigenvalue weighted by Crippen LogP contribution is -2.06. The predicted molar refractivity (Wildman–Crippen MR) is 85.0 cm³/mol. The van der Waals surface area contributed by atoms with E-state index in [2.05, 4.69) is 79.0 Å². The van der Waals surface area contributed by atoms with Gasteiger partial charge in [-0.15, -0.1) is 11.3 Å². The van der Waals surface area contributed by atoms with E-state index in [0.717, 1.165) is 0 Å². The van der Waals surface area contributed by atoms with Crippen molar-refractivity contribution in [1.29, 1.82) is 0 Å². The lowest BCUT2D eigenvalue weighted by molar-refractivity contribution is 0.881. The minimum absolute atomic E-state index is 0.359. The second kappa shape index (κ2) is 5.40. The topological polar surface area (TPSA) is 12.0 Å². The Morgan fingerprint density at radius 1 is 1.24 bits per heavy atom. The van der Waals surface area contributed by atoms with Crippen LogP contribution in [0.3, 0.4) is 0 Å². The molecule has 0 bridgehead atoms. The maximum Gasteiger partial charge on any atom is 0.0496 e. The van der Waals surface area contributed by atoms with E-state index >= 15 is 0 Å². The summed E-state index contributed by atoms with van der Waals surface area (Å²) >= 11 is 4.21. The third kappa shape index (κ3) is 3.22. The SMILES string of the molecule is Cc1cc(C(C)Nc2cccc(I)c2)c(C)s1. The Hall–Kier alpha value is -0.550. The quantitative estimate of drug-likeness (QED) is 0.750. The maximum atomic E-state index is 3.56. The molecule has 0 amide bonds. The summed E-state index contributed by atoms with van der Waals surface area (Å²) in [6.45, 7) is 6.58. The highest BCUT2D eigenvalue weighted by molar-refractivity contribution is 14.1. The van der Waals surface area contributed by atoms with Crippen molar-refractivity contribution in [3.05, 3.63) is 49.2 Å². The summed E-state index contributed by atoms with van der Waals surface area (Å²) in [5.41, 5.74) is 2.60. The van der Waals surface area contributed by atoms with Crippen LogP contribution in [-0.2, 0) is 0 Å². The van der Waals surface area contributed by atoms with Crippen molar-refractivity contribution in [2.75, 3.05) is 5.32 Å². The number of aryl methyl sites for hydroxylation is 2. The van der Waals surface area contributed by atoms with Gasteiger partial charge < -0.3 is 5.32 Å². The van der Waals surface area contributed by atoms with Crippen molar-refractivity contribution in [3.8, 4) is 0 Å². The molecule has 17 heavy (non-hydrogen) atoms. The van der Waals surface area contributed by atoms with Crippen LogP contribution in [-0.4, -0.2) is 0 Å². The van der Waals surface area contributed by atoms with Gasteiger partial charge in [-0.3, -0.25) is 0 Å². The van der Waals surface area contributed by atoms with Crippen LogP contribution >= 0.6 is 33.9 Å². The van der Waals surface area contributed by atoms with Crippen molar-refractivity contribution in [2.45, 2.75) is 26.8 Å². The van der Waals surface area contributed by atoms with Crippen LogP contribution in [0, 0.1) is 17.4 Å². The summed E-state index contributed by atoms with van der Waals surface area (Å²) in [7, 11) is 0. The number of anilines is 1. The van der Waals surface area contributed by atoms with Gasteiger partial charge in [0.1, 0.15) is 0 Å². The highest BCUT2D eigenvalue weighted by Crippen LogP contribution is 2.28. The molecule has 0 aliphatic carbocycles. The van der Waals surface area contributed by atoms with E-state index in [1.165, 1.54) is 24.6 Å². The summed E-state index contributed by atoms with van der Waals surface area (Å²) in [6.07, 6.45) is 0. The molecule has 0 aliphatic heterocycles. The van der Waals surface area contributed by atoms with E-state index in [-0.39, 0.29) is 0 Å². The first kappa shape index (κ1) is 12.9. The number of nitrogens with one attached hydrogen (secondary N) is 1. The molecule has 3 heteroatoms. The van der Waals surface area contributed by atoms with Gasteiger partial charge >= 0.3 is 0 Å². The van der Waals surface area contributed by atoms with E-state index in [0.29, 0.717) is 6.04 Å². The summed E-state index contributed by atoms with van der Waals surface area (Å²) < 4.78 is 1.26. The molecule has 1 atom stereocenters. The Kier molecular flexibility index (Phi) is 4.09. The second-order valence-corrected chi connectivity index (χ2v) is 6.95. The molecular formula is C14H16INS. The third-order valence-corrected chi connectivity index (χ3v) is 4.41. The Labute approximate surface area is 120 Å². The van der Waals surface area contributed by atoms with E-state index in [1.54, 1.807) is 0 Å². The highest BCUT2D eigenvalue weighted by Gasteiger charge is 2.10. The molecule has 0 saturated heterocycles. The number of halogens is 1. The van der Waals surface area contributed by atoms with Crippen LogP contribution in [0.5, 0.6) is 0 Å². The average Bonchev–Trinajstić information content (AvgIpc) is 2.58. The number of benzene rings is 1. The molecule has 1 aromatic carbocycles. The number of hydrogen-bond donors (Lipinski definition) is 1. The van der Waals surface area contributed by atoms with Crippen molar-refractivity contribution < 1.29 is 0 Å². The molecule has 0 radical (unpaired) electrons. The van der Waals surface area contributed by atoms with Crippen LogP contribution in [0.2, 0.25) is 0 Å². The van der Waals surface area contributed by atoms with Crippen molar-refractivity contribution in [3.63, 3.8) is 0 Å². The Bertz CT molecular complexity index is 519. The molecule has 1 nitrogen and oxygen atoms in total. The zero-order valence-corrected chi connectivity index (χ0v) is 13.2. The van der Waals surface area contributed by atoms with Gasteiger partial charge in [0.25, 0.3) is 0 Å².